The summed E-state index contributed by atoms with van der Waals surface area (Å²) in [6.07, 6.45) is 1.12. The molecule has 0 saturated heterocycles. The van der Waals surface area contributed by atoms with E-state index in [2.05, 4.69) is 57.0 Å². The summed E-state index contributed by atoms with van der Waals surface area (Å²) in [5.41, 5.74) is 2.94. The Morgan fingerprint density at radius 3 is 2.43 bits per heavy atom. The highest BCUT2D eigenvalue weighted by atomic mass is 15.1. The van der Waals surface area contributed by atoms with Crippen molar-refractivity contribution in [3.05, 3.63) is 35.4 Å². The van der Waals surface area contributed by atoms with Crippen LogP contribution in [0, 0.1) is 0 Å². The van der Waals surface area contributed by atoms with E-state index in [0.717, 1.165) is 13.0 Å². The predicted molar refractivity (Wildman–Crippen MR) is 62.5 cm³/mol. The lowest BCUT2D eigenvalue weighted by atomic mass is 9.99. The number of hydrogen-bond acceptors (Lipinski definition) is 1. The first-order chi connectivity index (χ1) is 6.70. The van der Waals surface area contributed by atoms with Crippen LogP contribution in [-0.4, -0.2) is 18.5 Å². The highest BCUT2D eigenvalue weighted by molar-refractivity contribution is 5.29. The van der Waals surface area contributed by atoms with E-state index in [4.69, 9.17) is 0 Å². The van der Waals surface area contributed by atoms with Crippen LogP contribution in [0.3, 0.4) is 0 Å². The molecule has 0 aromatic heterocycles. The van der Waals surface area contributed by atoms with Gasteiger partial charge in [0.05, 0.1) is 0 Å². The molecule has 0 fully saturated rings. The van der Waals surface area contributed by atoms with Gasteiger partial charge in [-0.05, 0) is 38.1 Å². The molecule has 14 heavy (non-hydrogen) atoms. The minimum atomic E-state index is 0.524. The van der Waals surface area contributed by atoms with Crippen molar-refractivity contribution < 1.29 is 0 Å². The SMILES string of the molecule is CCc1ccccc1C(C)N(C)CC. The van der Waals surface area contributed by atoms with Gasteiger partial charge in [-0.1, -0.05) is 38.1 Å². The largest absolute Gasteiger partial charge is 0.300 e. The highest BCUT2D eigenvalue weighted by Gasteiger charge is 2.12. The second-order valence-electron chi connectivity index (χ2n) is 3.80. The fourth-order valence-electron chi connectivity index (χ4n) is 1.78. The molecule has 0 radical (unpaired) electrons. The normalized spacial score (nSPS) is 13.2. The number of aryl methyl sites for hydroxylation is 1. The van der Waals surface area contributed by atoms with E-state index in [9.17, 15) is 0 Å². The van der Waals surface area contributed by atoms with Crippen LogP contribution in [0.5, 0.6) is 0 Å². The Kier molecular flexibility index (Phi) is 4.15. The first-order valence-electron chi connectivity index (χ1n) is 5.48. The zero-order valence-electron chi connectivity index (χ0n) is 9.75. The summed E-state index contributed by atoms with van der Waals surface area (Å²) >= 11 is 0. The molecule has 1 rings (SSSR count). The Labute approximate surface area is 87.7 Å². The molecule has 78 valence electrons. The lowest BCUT2D eigenvalue weighted by Gasteiger charge is -2.25. The third kappa shape index (κ3) is 2.36. The third-order valence-corrected chi connectivity index (χ3v) is 3.05. The molecular formula is C13H21N. The van der Waals surface area contributed by atoms with E-state index in [1.807, 2.05) is 0 Å². The summed E-state index contributed by atoms with van der Waals surface area (Å²) in [5.74, 6) is 0. The number of benzene rings is 1. The van der Waals surface area contributed by atoms with Crippen molar-refractivity contribution >= 4 is 0 Å². The molecule has 1 heteroatoms. The Hall–Kier alpha value is -0.820. The molecular weight excluding hydrogens is 170 g/mol. The molecule has 0 bridgehead atoms. The van der Waals surface area contributed by atoms with Crippen molar-refractivity contribution in [2.45, 2.75) is 33.2 Å². The molecule has 1 aromatic rings. The molecule has 1 aromatic carbocycles. The van der Waals surface area contributed by atoms with Gasteiger partial charge in [0.25, 0.3) is 0 Å². The van der Waals surface area contributed by atoms with E-state index in [-0.39, 0.29) is 0 Å². The summed E-state index contributed by atoms with van der Waals surface area (Å²) in [6.45, 7) is 7.79. The maximum Gasteiger partial charge on any atom is 0.0319 e. The predicted octanol–water partition coefficient (Wildman–Crippen LogP) is 3.26. The minimum absolute atomic E-state index is 0.524. The molecule has 1 atom stereocenters. The van der Waals surface area contributed by atoms with E-state index in [1.54, 1.807) is 0 Å². The van der Waals surface area contributed by atoms with E-state index >= 15 is 0 Å². The fourth-order valence-corrected chi connectivity index (χ4v) is 1.78. The van der Waals surface area contributed by atoms with Crippen LogP contribution in [0.25, 0.3) is 0 Å². The average Bonchev–Trinajstić information content (AvgIpc) is 2.26. The minimum Gasteiger partial charge on any atom is -0.300 e. The number of hydrogen-bond donors (Lipinski definition) is 0. The van der Waals surface area contributed by atoms with Crippen LogP contribution in [0.2, 0.25) is 0 Å². The van der Waals surface area contributed by atoms with Crippen molar-refractivity contribution in [3.8, 4) is 0 Å². The monoisotopic (exact) mass is 191 g/mol. The van der Waals surface area contributed by atoms with Crippen LogP contribution in [0.15, 0.2) is 24.3 Å². The Morgan fingerprint density at radius 2 is 1.86 bits per heavy atom. The summed E-state index contributed by atoms with van der Waals surface area (Å²) in [6, 6.07) is 9.26. The molecule has 1 unspecified atom stereocenters. The molecule has 0 amide bonds. The third-order valence-electron chi connectivity index (χ3n) is 3.05. The van der Waals surface area contributed by atoms with Crippen molar-refractivity contribution in [1.29, 1.82) is 0 Å². The van der Waals surface area contributed by atoms with Crippen molar-refractivity contribution in [2.75, 3.05) is 13.6 Å². The van der Waals surface area contributed by atoms with E-state index < -0.39 is 0 Å². The van der Waals surface area contributed by atoms with E-state index in [1.165, 1.54) is 11.1 Å². The molecule has 0 aliphatic rings. The summed E-state index contributed by atoms with van der Waals surface area (Å²) in [7, 11) is 2.18. The zero-order chi connectivity index (χ0) is 10.6. The molecule has 0 N–H and O–H groups in total. The maximum atomic E-state index is 2.37. The first-order valence-corrected chi connectivity index (χ1v) is 5.48. The fraction of sp³-hybridized carbons (Fsp3) is 0.538. The summed E-state index contributed by atoms with van der Waals surface area (Å²) in [4.78, 5) is 2.37. The van der Waals surface area contributed by atoms with Crippen LogP contribution < -0.4 is 0 Å². The average molecular weight is 191 g/mol. The van der Waals surface area contributed by atoms with Gasteiger partial charge in [-0.25, -0.2) is 0 Å². The number of nitrogens with zero attached hydrogens (tertiary/aromatic N) is 1. The van der Waals surface area contributed by atoms with Gasteiger partial charge in [0.15, 0.2) is 0 Å². The molecule has 0 aliphatic heterocycles. The maximum absolute atomic E-state index is 2.37. The van der Waals surface area contributed by atoms with Gasteiger partial charge in [-0.15, -0.1) is 0 Å². The van der Waals surface area contributed by atoms with Gasteiger partial charge in [-0.2, -0.15) is 0 Å². The first kappa shape index (κ1) is 11.3. The Bertz CT molecular complexity index is 280. The van der Waals surface area contributed by atoms with Gasteiger partial charge in [0.1, 0.15) is 0 Å². The van der Waals surface area contributed by atoms with Gasteiger partial charge in [-0.3, -0.25) is 4.90 Å². The van der Waals surface area contributed by atoms with Crippen LogP contribution >= 0.6 is 0 Å². The van der Waals surface area contributed by atoms with Gasteiger partial charge in [0, 0.05) is 6.04 Å². The Morgan fingerprint density at radius 1 is 1.21 bits per heavy atom. The lowest BCUT2D eigenvalue weighted by Crippen LogP contribution is -2.22. The molecule has 0 heterocycles. The lowest BCUT2D eigenvalue weighted by molar-refractivity contribution is 0.274. The van der Waals surface area contributed by atoms with Crippen molar-refractivity contribution in [2.24, 2.45) is 0 Å². The summed E-state index contributed by atoms with van der Waals surface area (Å²) < 4.78 is 0. The molecule has 0 saturated carbocycles. The standard InChI is InChI=1S/C13H21N/c1-5-12-9-7-8-10-13(12)11(3)14(4)6-2/h7-11H,5-6H2,1-4H3. The smallest absolute Gasteiger partial charge is 0.0319 e. The summed E-state index contributed by atoms with van der Waals surface area (Å²) in [5, 5.41) is 0. The second-order valence-corrected chi connectivity index (χ2v) is 3.80. The highest BCUT2D eigenvalue weighted by Crippen LogP contribution is 2.22. The van der Waals surface area contributed by atoms with Gasteiger partial charge in [0.2, 0.25) is 0 Å². The zero-order valence-corrected chi connectivity index (χ0v) is 9.75. The molecule has 1 nitrogen and oxygen atoms in total. The van der Waals surface area contributed by atoms with E-state index in [0.29, 0.717) is 6.04 Å². The van der Waals surface area contributed by atoms with Gasteiger partial charge >= 0.3 is 0 Å². The van der Waals surface area contributed by atoms with Crippen LogP contribution in [0.4, 0.5) is 0 Å². The van der Waals surface area contributed by atoms with Crippen molar-refractivity contribution in [1.82, 2.24) is 4.90 Å². The van der Waals surface area contributed by atoms with Gasteiger partial charge < -0.3 is 0 Å². The van der Waals surface area contributed by atoms with Crippen LogP contribution in [-0.2, 0) is 6.42 Å². The topological polar surface area (TPSA) is 3.24 Å². The second kappa shape index (κ2) is 5.16. The van der Waals surface area contributed by atoms with Crippen molar-refractivity contribution in [3.63, 3.8) is 0 Å². The van der Waals surface area contributed by atoms with Crippen LogP contribution in [0.1, 0.15) is 37.9 Å². The molecule has 0 aliphatic carbocycles. The Balaban J connectivity index is 2.93. The number of rotatable bonds is 4. The molecule has 0 spiro atoms. The quantitative estimate of drug-likeness (QED) is 0.706.